The average molecular weight is 260 g/mol. The number of benzene rings is 1. The highest BCUT2D eigenvalue weighted by atomic mass is 16.4. The maximum atomic E-state index is 11.0. The van der Waals surface area contributed by atoms with Gasteiger partial charge in [-0.1, -0.05) is 6.07 Å². The molecule has 1 unspecified atom stereocenters. The van der Waals surface area contributed by atoms with Crippen LogP contribution in [0.1, 0.15) is 30.4 Å². The zero-order valence-electron chi connectivity index (χ0n) is 11.1. The Hall–Kier alpha value is -1.55. The Morgan fingerprint density at radius 1 is 1.21 bits per heavy atom. The van der Waals surface area contributed by atoms with Crippen molar-refractivity contribution >= 4 is 11.7 Å². The number of hydrogen-bond donors (Lipinski definition) is 2. The fourth-order valence-electron chi connectivity index (χ4n) is 3.02. The summed E-state index contributed by atoms with van der Waals surface area (Å²) in [5.41, 5.74) is 3.71. The van der Waals surface area contributed by atoms with Crippen molar-refractivity contribution in [2.75, 3.05) is 18.0 Å². The third kappa shape index (κ3) is 2.59. The molecule has 102 valence electrons. The first-order chi connectivity index (χ1) is 9.24. The quantitative estimate of drug-likeness (QED) is 0.851. The smallest absolute Gasteiger partial charge is 0.321 e. The van der Waals surface area contributed by atoms with Gasteiger partial charge in [-0.15, -0.1) is 0 Å². The second-order valence-corrected chi connectivity index (χ2v) is 5.48. The van der Waals surface area contributed by atoms with Crippen LogP contribution in [0.4, 0.5) is 5.69 Å². The van der Waals surface area contributed by atoms with Crippen molar-refractivity contribution in [3.05, 3.63) is 29.3 Å². The summed E-state index contributed by atoms with van der Waals surface area (Å²) in [7, 11) is 0. The lowest BCUT2D eigenvalue weighted by atomic mass is 9.95. The SMILES string of the molecule is O=C(O)C1Cc2ccc(N3CCCCC3)cc2CN1. The van der Waals surface area contributed by atoms with Crippen molar-refractivity contribution in [2.24, 2.45) is 0 Å². The van der Waals surface area contributed by atoms with Crippen LogP contribution in [0.15, 0.2) is 18.2 Å². The van der Waals surface area contributed by atoms with Gasteiger partial charge in [-0.05, 0) is 48.9 Å². The Balaban J connectivity index is 1.79. The molecular formula is C15H20N2O2. The summed E-state index contributed by atoms with van der Waals surface area (Å²) in [4.78, 5) is 13.4. The molecule has 19 heavy (non-hydrogen) atoms. The van der Waals surface area contributed by atoms with Gasteiger partial charge in [-0.25, -0.2) is 0 Å². The van der Waals surface area contributed by atoms with Crippen molar-refractivity contribution in [1.29, 1.82) is 0 Å². The van der Waals surface area contributed by atoms with Gasteiger partial charge in [0.1, 0.15) is 6.04 Å². The van der Waals surface area contributed by atoms with E-state index in [0.29, 0.717) is 13.0 Å². The summed E-state index contributed by atoms with van der Waals surface area (Å²) in [5.74, 6) is -0.759. The molecule has 4 nitrogen and oxygen atoms in total. The number of nitrogens with zero attached hydrogens (tertiary/aromatic N) is 1. The summed E-state index contributed by atoms with van der Waals surface area (Å²) in [6.07, 6.45) is 4.47. The molecule has 4 heteroatoms. The third-order valence-electron chi connectivity index (χ3n) is 4.17. The Labute approximate surface area is 113 Å². The highest BCUT2D eigenvalue weighted by Gasteiger charge is 2.24. The number of fused-ring (bicyclic) bond motifs is 1. The van der Waals surface area contributed by atoms with Crippen LogP contribution >= 0.6 is 0 Å². The molecule has 1 atom stereocenters. The van der Waals surface area contributed by atoms with E-state index >= 15 is 0 Å². The first-order valence-electron chi connectivity index (χ1n) is 7.07. The molecule has 3 rings (SSSR count). The van der Waals surface area contributed by atoms with E-state index in [1.54, 1.807) is 0 Å². The van der Waals surface area contributed by atoms with Crippen molar-refractivity contribution in [3.63, 3.8) is 0 Å². The highest BCUT2D eigenvalue weighted by Crippen LogP contribution is 2.25. The fourth-order valence-corrected chi connectivity index (χ4v) is 3.02. The van der Waals surface area contributed by atoms with Gasteiger partial charge < -0.3 is 15.3 Å². The van der Waals surface area contributed by atoms with Crippen molar-refractivity contribution in [1.82, 2.24) is 5.32 Å². The zero-order chi connectivity index (χ0) is 13.2. The Kier molecular flexibility index (Phi) is 3.42. The normalized spacial score (nSPS) is 22.9. The first-order valence-corrected chi connectivity index (χ1v) is 7.07. The van der Waals surface area contributed by atoms with Crippen molar-refractivity contribution in [2.45, 2.75) is 38.3 Å². The molecule has 0 aromatic heterocycles. The van der Waals surface area contributed by atoms with Gasteiger partial charge in [0.15, 0.2) is 0 Å². The van der Waals surface area contributed by atoms with Crippen molar-refractivity contribution < 1.29 is 9.90 Å². The molecule has 0 radical (unpaired) electrons. The molecule has 2 aliphatic rings. The molecule has 1 saturated heterocycles. The van der Waals surface area contributed by atoms with E-state index in [9.17, 15) is 4.79 Å². The van der Waals surface area contributed by atoms with Gasteiger partial charge in [-0.3, -0.25) is 4.79 Å². The molecule has 0 bridgehead atoms. The standard InChI is InChI=1S/C15H20N2O2/c18-15(19)14-9-11-4-5-13(8-12(11)10-16-14)17-6-2-1-3-7-17/h4-5,8,14,16H,1-3,6-7,9-10H2,(H,18,19). The number of anilines is 1. The topological polar surface area (TPSA) is 52.6 Å². The lowest BCUT2D eigenvalue weighted by Crippen LogP contribution is -2.41. The summed E-state index contributed by atoms with van der Waals surface area (Å²) in [5, 5.41) is 12.1. The molecule has 2 aliphatic heterocycles. The van der Waals surface area contributed by atoms with Gasteiger partial charge in [0, 0.05) is 25.3 Å². The maximum Gasteiger partial charge on any atom is 0.321 e. The third-order valence-corrected chi connectivity index (χ3v) is 4.17. The van der Waals surface area contributed by atoms with E-state index in [-0.39, 0.29) is 0 Å². The van der Waals surface area contributed by atoms with Gasteiger partial charge in [0.05, 0.1) is 0 Å². The summed E-state index contributed by atoms with van der Waals surface area (Å²) in [6.45, 7) is 2.95. The Morgan fingerprint density at radius 2 is 2.00 bits per heavy atom. The van der Waals surface area contributed by atoms with Crippen LogP contribution in [0.3, 0.4) is 0 Å². The molecule has 1 aromatic rings. The summed E-state index contributed by atoms with van der Waals surface area (Å²) in [6, 6.07) is 6.05. The van der Waals surface area contributed by atoms with Gasteiger partial charge in [0.2, 0.25) is 0 Å². The number of piperidine rings is 1. The van der Waals surface area contributed by atoms with Crippen LogP contribution in [0, 0.1) is 0 Å². The van der Waals surface area contributed by atoms with Gasteiger partial charge >= 0.3 is 5.97 Å². The number of carboxylic acids is 1. The second-order valence-electron chi connectivity index (χ2n) is 5.48. The van der Waals surface area contributed by atoms with Crippen LogP contribution in [0.2, 0.25) is 0 Å². The minimum atomic E-state index is -0.759. The van der Waals surface area contributed by atoms with E-state index in [0.717, 1.165) is 13.1 Å². The number of hydrogen-bond acceptors (Lipinski definition) is 3. The molecule has 1 aromatic carbocycles. The number of carboxylic acid groups (broad SMARTS) is 1. The van der Waals surface area contributed by atoms with Crippen LogP contribution < -0.4 is 10.2 Å². The van der Waals surface area contributed by atoms with Crippen molar-refractivity contribution in [3.8, 4) is 0 Å². The van der Waals surface area contributed by atoms with Gasteiger partial charge in [0.25, 0.3) is 0 Å². The lowest BCUT2D eigenvalue weighted by molar-refractivity contribution is -0.139. The number of nitrogens with one attached hydrogen (secondary N) is 1. The maximum absolute atomic E-state index is 11.0. The molecule has 1 fully saturated rings. The first kappa shape index (κ1) is 12.5. The fraction of sp³-hybridized carbons (Fsp3) is 0.533. The van der Waals surface area contributed by atoms with Crippen LogP contribution in [0.25, 0.3) is 0 Å². The molecule has 2 N–H and O–H groups in total. The highest BCUT2D eigenvalue weighted by molar-refractivity contribution is 5.74. The zero-order valence-corrected chi connectivity index (χ0v) is 11.1. The predicted octanol–water partition coefficient (Wildman–Crippen LogP) is 1.78. The average Bonchev–Trinajstić information content (AvgIpc) is 2.47. The molecule has 0 spiro atoms. The summed E-state index contributed by atoms with van der Waals surface area (Å²) >= 11 is 0. The molecular weight excluding hydrogens is 240 g/mol. The number of aliphatic carboxylic acids is 1. The van der Waals surface area contributed by atoms with Crippen LogP contribution in [0.5, 0.6) is 0 Å². The van der Waals surface area contributed by atoms with E-state index in [1.165, 1.54) is 36.1 Å². The minimum absolute atomic E-state index is 0.437. The Bertz CT molecular complexity index is 481. The monoisotopic (exact) mass is 260 g/mol. The molecule has 0 aliphatic carbocycles. The van der Waals surface area contributed by atoms with Crippen LogP contribution in [-0.2, 0) is 17.8 Å². The minimum Gasteiger partial charge on any atom is -0.480 e. The largest absolute Gasteiger partial charge is 0.480 e. The van der Waals surface area contributed by atoms with E-state index in [1.807, 2.05) is 0 Å². The second kappa shape index (κ2) is 5.21. The Morgan fingerprint density at radius 3 is 2.74 bits per heavy atom. The number of rotatable bonds is 2. The summed E-state index contributed by atoms with van der Waals surface area (Å²) < 4.78 is 0. The molecule has 0 saturated carbocycles. The van der Waals surface area contributed by atoms with Crippen LogP contribution in [-0.4, -0.2) is 30.2 Å². The van der Waals surface area contributed by atoms with Gasteiger partial charge in [-0.2, -0.15) is 0 Å². The van der Waals surface area contributed by atoms with E-state index in [4.69, 9.17) is 5.11 Å². The molecule has 0 amide bonds. The predicted molar refractivity (Wildman–Crippen MR) is 74.5 cm³/mol. The number of carbonyl (C=O) groups is 1. The van der Waals surface area contributed by atoms with E-state index < -0.39 is 12.0 Å². The van der Waals surface area contributed by atoms with E-state index in [2.05, 4.69) is 28.4 Å². The molecule has 2 heterocycles. The lowest BCUT2D eigenvalue weighted by Gasteiger charge is -2.31.